The number of benzene rings is 2. The van der Waals surface area contributed by atoms with Gasteiger partial charge in [-0.3, -0.25) is 9.69 Å². The Morgan fingerprint density at radius 3 is 2.40 bits per heavy atom. The van der Waals surface area contributed by atoms with Gasteiger partial charge in [-0.25, -0.2) is 4.39 Å². The van der Waals surface area contributed by atoms with Crippen LogP contribution in [0.2, 0.25) is 0 Å². The third-order valence-corrected chi connectivity index (χ3v) is 4.55. The summed E-state index contributed by atoms with van der Waals surface area (Å²) in [6, 6.07) is 14.9. The van der Waals surface area contributed by atoms with Crippen LogP contribution < -0.4 is 4.74 Å². The summed E-state index contributed by atoms with van der Waals surface area (Å²) in [6.45, 7) is 3.71. The number of piperazine rings is 1. The molecule has 0 bridgehead atoms. The lowest BCUT2D eigenvalue weighted by atomic mass is 10.1. The zero-order valence-corrected chi connectivity index (χ0v) is 14.5. The van der Waals surface area contributed by atoms with E-state index in [1.165, 1.54) is 13.2 Å². The Morgan fingerprint density at radius 2 is 1.76 bits per heavy atom. The largest absolute Gasteiger partial charge is 0.494 e. The van der Waals surface area contributed by atoms with Crippen LogP contribution in [-0.4, -0.2) is 49.0 Å². The second kappa shape index (κ2) is 8.12. The fourth-order valence-corrected chi connectivity index (χ4v) is 3.10. The second-order valence-corrected chi connectivity index (χ2v) is 6.29. The molecule has 0 atom stereocenters. The van der Waals surface area contributed by atoms with Gasteiger partial charge in [-0.05, 0) is 23.3 Å². The number of carbonyl (C=O) groups excluding carboxylic acids is 1. The van der Waals surface area contributed by atoms with Crippen molar-refractivity contribution in [3.63, 3.8) is 0 Å². The molecule has 132 valence electrons. The predicted octanol–water partition coefficient (Wildman–Crippen LogP) is 2.72. The van der Waals surface area contributed by atoms with Crippen LogP contribution in [0.25, 0.3) is 0 Å². The van der Waals surface area contributed by atoms with E-state index in [-0.39, 0.29) is 17.5 Å². The Kier molecular flexibility index (Phi) is 5.66. The lowest BCUT2D eigenvalue weighted by Gasteiger charge is -2.35. The molecule has 1 aliphatic rings. The molecule has 1 saturated heterocycles. The average molecular weight is 342 g/mol. The maximum absolute atomic E-state index is 13.8. The van der Waals surface area contributed by atoms with Crippen molar-refractivity contribution in [3.8, 4) is 5.75 Å². The molecule has 0 spiro atoms. The average Bonchev–Trinajstić information content (AvgIpc) is 2.63. The van der Waals surface area contributed by atoms with Gasteiger partial charge >= 0.3 is 0 Å². The normalized spacial score (nSPS) is 15.2. The molecule has 1 heterocycles. The van der Waals surface area contributed by atoms with Crippen molar-refractivity contribution >= 4 is 5.91 Å². The summed E-state index contributed by atoms with van der Waals surface area (Å²) in [7, 11) is 1.46. The van der Waals surface area contributed by atoms with E-state index in [0.29, 0.717) is 26.1 Å². The van der Waals surface area contributed by atoms with Crippen LogP contribution in [0.1, 0.15) is 11.1 Å². The van der Waals surface area contributed by atoms with Gasteiger partial charge in [0.05, 0.1) is 13.5 Å². The smallest absolute Gasteiger partial charge is 0.227 e. The maximum atomic E-state index is 13.8. The molecular weight excluding hydrogens is 319 g/mol. The Bertz CT molecular complexity index is 713. The van der Waals surface area contributed by atoms with Crippen molar-refractivity contribution < 1.29 is 13.9 Å². The Labute approximate surface area is 147 Å². The molecule has 4 nitrogen and oxygen atoms in total. The standard InChI is InChI=1S/C20H23FN2O2/c1-25-19-8-7-17(13-18(19)21)15-22-9-11-23(12-10-22)20(24)14-16-5-3-2-4-6-16/h2-8,13H,9-12,14-15H2,1H3. The van der Waals surface area contributed by atoms with E-state index in [0.717, 1.165) is 24.2 Å². The topological polar surface area (TPSA) is 32.8 Å². The van der Waals surface area contributed by atoms with Gasteiger partial charge in [0.25, 0.3) is 0 Å². The first-order valence-electron chi connectivity index (χ1n) is 8.52. The Morgan fingerprint density at radius 1 is 1.04 bits per heavy atom. The molecule has 1 amide bonds. The number of methoxy groups -OCH3 is 1. The van der Waals surface area contributed by atoms with Crippen LogP contribution in [0.5, 0.6) is 5.75 Å². The van der Waals surface area contributed by atoms with Crippen molar-refractivity contribution in [3.05, 3.63) is 65.5 Å². The summed E-state index contributed by atoms with van der Waals surface area (Å²) in [4.78, 5) is 16.5. The minimum Gasteiger partial charge on any atom is -0.494 e. The maximum Gasteiger partial charge on any atom is 0.227 e. The van der Waals surface area contributed by atoms with Gasteiger partial charge in [0.2, 0.25) is 5.91 Å². The molecule has 0 aliphatic carbocycles. The number of nitrogens with zero attached hydrogens (tertiary/aromatic N) is 2. The minimum absolute atomic E-state index is 0.168. The molecule has 5 heteroatoms. The highest BCUT2D eigenvalue weighted by Crippen LogP contribution is 2.19. The zero-order valence-electron chi connectivity index (χ0n) is 14.5. The quantitative estimate of drug-likeness (QED) is 0.838. The van der Waals surface area contributed by atoms with Crippen LogP contribution in [-0.2, 0) is 17.8 Å². The van der Waals surface area contributed by atoms with Crippen LogP contribution in [0.3, 0.4) is 0 Å². The molecule has 1 aliphatic heterocycles. The zero-order chi connectivity index (χ0) is 17.6. The molecule has 0 saturated carbocycles. The number of hydrogen-bond acceptors (Lipinski definition) is 3. The third-order valence-electron chi connectivity index (χ3n) is 4.55. The van der Waals surface area contributed by atoms with E-state index in [9.17, 15) is 9.18 Å². The predicted molar refractivity (Wildman–Crippen MR) is 95.0 cm³/mol. The fourth-order valence-electron chi connectivity index (χ4n) is 3.10. The molecule has 2 aromatic carbocycles. The van der Waals surface area contributed by atoms with Gasteiger partial charge in [0.15, 0.2) is 11.6 Å². The molecule has 3 rings (SSSR count). The lowest BCUT2D eigenvalue weighted by Crippen LogP contribution is -2.48. The molecule has 0 N–H and O–H groups in total. The highest BCUT2D eigenvalue weighted by Gasteiger charge is 2.21. The van der Waals surface area contributed by atoms with Gasteiger partial charge in [-0.1, -0.05) is 36.4 Å². The van der Waals surface area contributed by atoms with E-state index in [1.807, 2.05) is 41.3 Å². The monoisotopic (exact) mass is 342 g/mol. The summed E-state index contributed by atoms with van der Waals surface area (Å²) in [5, 5.41) is 0. The summed E-state index contributed by atoms with van der Waals surface area (Å²) in [5.74, 6) is 0.0955. The van der Waals surface area contributed by atoms with Gasteiger partial charge in [0.1, 0.15) is 0 Å². The van der Waals surface area contributed by atoms with Crippen molar-refractivity contribution in [1.29, 1.82) is 0 Å². The molecule has 2 aromatic rings. The van der Waals surface area contributed by atoms with Crippen molar-refractivity contribution in [2.75, 3.05) is 33.3 Å². The Hall–Kier alpha value is -2.40. The minimum atomic E-state index is -0.336. The molecule has 25 heavy (non-hydrogen) atoms. The van der Waals surface area contributed by atoms with Gasteiger partial charge in [-0.2, -0.15) is 0 Å². The van der Waals surface area contributed by atoms with Gasteiger partial charge < -0.3 is 9.64 Å². The number of carbonyl (C=O) groups is 1. The van der Waals surface area contributed by atoms with Crippen LogP contribution in [0.4, 0.5) is 4.39 Å². The van der Waals surface area contributed by atoms with Gasteiger partial charge in [-0.15, -0.1) is 0 Å². The van der Waals surface area contributed by atoms with Gasteiger partial charge in [0, 0.05) is 32.7 Å². The first-order valence-corrected chi connectivity index (χ1v) is 8.52. The Balaban J connectivity index is 1.50. The molecule has 0 radical (unpaired) electrons. The number of hydrogen-bond donors (Lipinski definition) is 0. The highest BCUT2D eigenvalue weighted by molar-refractivity contribution is 5.78. The van der Waals surface area contributed by atoms with E-state index < -0.39 is 0 Å². The summed E-state index contributed by atoms with van der Waals surface area (Å²) in [6.07, 6.45) is 0.449. The van der Waals surface area contributed by atoms with Crippen molar-refractivity contribution in [1.82, 2.24) is 9.80 Å². The summed E-state index contributed by atoms with van der Waals surface area (Å²) < 4.78 is 18.7. The van der Waals surface area contributed by atoms with Crippen molar-refractivity contribution in [2.24, 2.45) is 0 Å². The van der Waals surface area contributed by atoms with Crippen LogP contribution in [0.15, 0.2) is 48.5 Å². The molecule has 1 fully saturated rings. The number of amides is 1. The summed E-state index contributed by atoms with van der Waals surface area (Å²) in [5.41, 5.74) is 1.96. The lowest BCUT2D eigenvalue weighted by molar-refractivity contribution is -0.132. The second-order valence-electron chi connectivity index (χ2n) is 6.29. The first-order chi connectivity index (χ1) is 12.2. The fraction of sp³-hybridized carbons (Fsp3) is 0.350. The molecule has 0 aromatic heterocycles. The van der Waals surface area contributed by atoms with Crippen molar-refractivity contribution in [2.45, 2.75) is 13.0 Å². The third kappa shape index (κ3) is 4.57. The molecule has 0 unspecified atom stereocenters. The number of halogens is 1. The van der Waals surface area contributed by atoms with E-state index in [2.05, 4.69) is 4.90 Å². The SMILES string of the molecule is COc1ccc(CN2CCN(C(=O)Cc3ccccc3)CC2)cc1F. The summed E-state index contributed by atoms with van der Waals surface area (Å²) >= 11 is 0. The van der Waals surface area contributed by atoms with Crippen LogP contribution in [0, 0.1) is 5.82 Å². The molecular formula is C20H23FN2O2. The van der Waals surface area contributed by atoms with E-state index in [1.54, 1.807) is 6.07 Å². The van der Waals surface area contributed by atoms with E-state index >= 15 is 0 Å². The van der Waals surface area contributed by atoms with Crippen LogP contribution >= 0.6 is 0 Å². The highest BCUT2D eigenvalue weighted by atomic mass is 19.1. The first kappa shape index (κ1) is 17.4. The van der Waals surface area contributed by atoms with E-state index in [4.69, 9.17) is 4.74 Å². The number of rotatable bonds is 5. The number of ether oxygens (including phenoxy) is 1.